The summed E-state index contributed by atoms with van der Waals surface area (Å²) in [6, 6.07) is 3.56. The van der Waals surface area contributed by atoms with Gasteiger partial charge in [-0.15, -0.1) is 0 Å². The van der Waals surface area contributed by atoms with Gasteiger partial charge in [-0.1, -0.05) is 17.7 Å². The van der Waals surface area contributed by atoms with Gasteiger partial charge in [0.25, 0.3) is 0 Å². The number of rotatable bonds is 1. The van der Waals surface area contributed by atoms with E-state index < -0.39 is 0 Å². The molecule has 1 aromatic heterocycles. The molecule has 1 heterocycles. The molecule has 0 aliphatic rings. The number of aryl methyl sites for hydroxylation is 1. The van der Waals surface area contributed by atoms with E-state index in [9.17, 15) is 5.11 Å². The van der Waals surface area contributed by atoms with Gasteiger partial charge in [0.15, 0.2) is 5.69 Å². The Labute approximate surface area is 85.0 Å². The van der Waals surface area contributed by atoms with Crippen molar-refractivity contribution in [3.05, 3.63) is 22.7 Å². The maximum absolute atomic E-state index is 9.46. The van der Waals surface area contributed by atoms with Gasteiger partial charge in [0.1, 0.15) is 0 Å². The highest BCUT2D eigenvalue weighted by molar-refractivity contribution is 6.36. The molecule has 0 fully saturated rings. The summed E-state index contributed by atoms with van der Waals surface area (Å²) < 4.78 is 0. The van der Waals surface area contributed by atoms with Crippen LogP contribution in [0.3, 0.4) is 0 Å². The van der Waals surface area contributed by atoms with Gasteiger partial charge >= 0.3 is 0 Å². The number of aromatic hydroxyl groups is 1. The Morgan fingerprint density at radius 3 is 2.86 bits per heavy atom. The molecule has 0 unspecified atom stereocenters. The van der Waals surface area contributed by atoms with Gasteiger partial charge in [0.05, 0.1) is 15.9 Å². The number of hydrogen-bond acceptors (Lipinski definition) is 3. The van der Waals surface area contributed by atoms with Gasteiger partial charge in [-0.3, -0.25) is 0 Å². The third kappa shape index (κ3) is 1.08. The molecule has 0 atom stereocenters. The first kappa shape index (κ1) is 9.02. The second kappa shape index (κ2) is 2.99. The summed E-state index contributed by atoms with van der Waals surface area (Å²) in [7, 11) is 0. The maximum atomic E-state index is 9.46. The highest BCUT2D eigenvalue weighted by Crippen LogP contribution is 2.40. The molecule has 5 heteroatoms. The van der Waals surface area contributed by atoms with E-state index in [4.69, 9.17) is 17.1 Å². The Morgan fingerprint density at radius 1 is 1.50 bits per heavy atom. The van der Waals surface area contributed by atoms with Crippen molar-refractivity contribution in [2.75, 3.05) is 0 Å². The number of benzene rings is 1. The lowest BCUT2D eigenvalue weighted by atomic mass is 10.1. The lowest BCUT2D eigenvalue weighted by Gasteiger charge is -1.97. The summed E-state index contributed by atoms with van der Waals surface area (Å²) in [6.45, 7) is 1.89. The quantitative estimate of drug-likeness (QED) is 0.618. The van der Waals surface area contributed by atoms with Crippen molar-refractivity contribution in [1.29, 1.82) is 5.53 Å². The van der Waals surface area contributed by atoms with Gasteiger partial charge in [0.2, 0.25) is 5.88 Å². The zero-order valence-corrected chi connectivity index (χ0v) is 8.18. The van der Waals surface area contributed by atoms with E-state index >= 15 is 0 Å². The van der Waals surface area contributed by atoms with Crippen LogP contribution in [0.1, 0.15) is 5.56 Å². The van der Waals surface area contributed by atoms with Crippen LogP contribution in [0.5, 0.6) is 5.88 Å². The monoisotopic (exact) mass is 209 g/mol. The molecule has 4 nitrogen and oxygen atoms in total. The van der Waals surface area contributed by atoms with Crippen molar-refractivity contribution < 1.29 is 5.11 Å². The number of fused-ring (bicyclic) bond motifs is 1. The van der Waals surface area contributed by atoms with Gasteiger partial charge in [-0.05, 0) is 18.6 Å². The average Bonchev–Trinajstić information content (AvgIpc) is 2.50. The Balaban J connectivity index is 3.00. The number of nitrogens with one attached hydrogen (secondary N) is 2. The molecule has 0 bridgehead atoms. The minimum absolute atomic E-state index is 0.119. The van der Waals surface area contributed by atoms with Crippen LogP contribution in [-0.2, 0) is 0 Å². The maximum Gasteiger partial charge on any atom is 0.218 e. The van der Waals surface area contributed by atoms with E-state index in [1.165, 1.54) is 0 Å². The molecule has 0 aliphatic carbocycles. The van der Waals surface area contributed by atoms with Gasteiger partial charge in [-0.2, -0.15) is 5.11 Å². The Kier molecular flexibility index (Phi) is 1.93. The molecule has 0 amide bonds. The number of aromatic nitrogens is 1. The molecule has 2 rings (SSSR count). The number of nitrogens with zero attached hydrogens (tertiary/aromatic N) is 1. The van der Waals surface area contributed by atoms with Gasteiger partial charge in [-0.25, -0.2) is 5.53 Å². The SMILES string of the molecule is Cc1ccc(Cl)c2c(N=N)c(O)[nH]c12. The van der Waals surface area contributed by atoms with Crippen LogP contribution in [0, 0.1) is 12.5 Å². The molecular formula is C9H8ClN3O. The molecule has 0 saturated carbocycles. The molecular weight excluding hydrogens is 202 g/mol. The molecule has 0 radical (unpaired) electrons. The smallest absolute Gasteiger partial charge is 0.218 e. The fourth-order valence-corrected chi connectivity index (χ4v) is 1.73. The molecule has 3 N–H and O–H groups in total. The Bertz CT molecular complexity index is 518. The van der Waals surface area contributed by atoms with Crippen LogP contribution in [0.2, 0.25) is 5.02 Å². The average molecular weight is 210 g/mol. The second-order valence-corrected chi connectivity index (χ2v) is 3.46. The van der Waals surface area contributed by atoms with Crippen molar-refractivity contribution >= 4 is 28.2 Å². The van der Waals surface area contributed by atoms with Crippen molar-refractivity contribution in [1.82, 2.24) is 4.98 Å². The first-order chi connectivity index (χ1) is 6.65. The molecule has 0 saturated heterocycles. The van der Waals surface area contributed by atoms with Crippen LogP contribution in [0.25, 0.3) is 10.9 Å². The molecule has 14 heavy (non-hydrogen) atoms. The summed E-state index contributed by atoms with van der Waals surface area (Å²) in [5, 5.41) is 13.8. The number of halogens is 1. The first-order valence-corrected chi connectivity index (χ1v) is 4.40. The fourth-order valence-electron chi connectivity index (χ4n) is 1.48. The highest BCUT2D eigenvalue weighted by atomic mass is 35.5. The van der Waals surface area contributed by atoms with Crippen LogP contribution < -0.4 is 0 Å². The summed E-state index contributed by atoms with van der Waals surface area (Å²) in [6.07, 6.45) is 0. The van der Waals surface area contributed by atoms with E-state index in [0.717, 1.165) is 11.1 Å². The standard InChI is InChI=1S/C9H8ClN3O/c1-4-2-3-5(10)6-7(4)12-9(14)8(6)13-11/h2-3,11-12,14H,1H3. The van der Waals surface area contributed by atoms with E-state index in [0.29, 0.717) is 10.4 Å². The Hall–Kier alpha value is -1.55. The van der Waals surface area contributed by atoms with Crippen molar-refractivity contribution in [3.8, 4) is 5.88 Å². The summed E-state index contributed by atoms with van der Waals surface area (Å²) in [4.78, 5) is 2.74. The summed E-state index contributed by atoms with van der Waals surface area (Å²) in [5.74, 6) is -0.119. The highest BCUT2D eigenvalue weighted by Gasteiger charge is 2.14. The molecule has 0 aliphatic heterocycles. The fraction of sp³-hybridized carbons (Fsp3) is 0.111. The van der Waals surface area contributed by atoms with Crippen molar-refractivity contribution in [2.24, 2.45) is 5.11 Å². The third-order valence-electron chi connectivity index (χ3n) is 2.18. The minimum atomic E-state index is -0.119. The lowest BCUT2D eigenvalue weighted by molar-refractivity contribution is 0.459. The molecule has 1 aromatic carbocycles. The van der Waals surface area contributed by atoms with Crippen LogP contribution >= 0.6 is 11.6 Å². The van der Waals surface area contributed by atoms with Crippen LogP contribution in [-0.4, -0.2) is 10.1 Å². The molecule has 2 aromatic rings. The van der Waals surface area contributed by atoms with E-state index in [2.05, 4.69) is 10.1 Å². The summed E-state index contributed by atoms with van der Waals surface area (Å²) >= 11 is 5.95. The predicted octanol–water partition coefficient (Wildman–Crippen LogP) is 3.50. The second-order valence-electron chi connectivity index (χ2n) is 3.05. The summed E-state index contributed by atoms with van der Waals surface area (Å²) in [5.41, 5.74) is 8.80. The van der Waals surface area contributed by atoms with E-state index in [-0.39, 0.29) is 11.6 Å². The zero-order valence-electron chi connectivity index (χ0n) is 7.43. The lowest BCUT2D eigenvalue weighted by Crippen LogP contribution is -1.76. The van der Waals surface area contributed by atoms with Crippen molar-refractivity contribution in [3.63, 3.8) is 0 Å². The minimum Gasteiger partial charge on any atom is -0.493 e. The van der Waals surface area contributed by atoms with E-state index in [1.807, 2.05) is 13.0 Å². The number of H-pyrrole nitrogens is 1. The van der Waals surface area contributed by atoms with Gasteiger partial charge in [0, 0.05) is 0 Å². The van der Waals surface area contributed by atoms with E-state index in [1.54, 1.807) is 6.07 Å². The largest absolute Gasteiger partial charge is 0.493 e. The first-order valence-electron chi connectivity index (χ1n) is 4.02. The number of hydrogen-bond donors (Lipinski definition) is 3. The third-order valence-corrected chi connectivity index (χ3v) is 2.49. The van der Waals surface area contributed by atoms with Gasteiger partial charge < -0.3 is 10.1 Å². The molecule has 72 valence electrons. The number of aromatic amines is 1. The van der Waals surface area contributed by atoms with Crippen LogP contribution in [0.15, 0.2) is 17.2 Å². The molecule has 0 spiro atoms. The van der Waals surface area contributed by atoms with Crippen LogP contribution in [0.4, 0.5) is 5.69 Å². The predicted molar refractivity (Wildman–Crippen MR) is 54.5 cm³/mol. The topological polar surface area (TPSA) is 72.2 Å². The van der Waals surface area contributed by atoms with Crippen molar-refractivity contribution in [2.45, 2.75) is 6.92 Å². The zero-order chi connectivity index (χ0) is 10.3. The normalized spacial score (nSPS) is 10.7. The Morgan fingerprint density at radius 2 is 2.21 bits per heavy atom.